The maximum atomic E-state index is 12.0. The van der Waals surface area contributed by atoms with Crippen LogP contribution in [0.1, 0.15) is 110 Å². The highest BCUT2D eigenvalue weighted by molar-refractivity contribution is 5.83. The highest BCUT2D eigenvalue weighted by atomic mass is 16.5. The van der Waals surface area contributed by atoms with Crippen LogP contribution in [0.2, 0.25) is 0 Å². The van der Waals surface area contributed by atoms with Crippen LogP contribution in [-0.2, 0) is 14.3 Å². The third-order valence-electron chi connectivity index (χ3n) is 5.47. The Labute approximate surface area is 186 Å². The number of amides is 1. The molecule has 0 rings (SSSR count). The first-order chi connectivity index (χ1) is 14.3. The van der Waals surface area contributed by atoms with E-state index in [1.165, 1.54) is 70.6 Å². The van der Waals surface area contributed by atoms with E-state index in [-0.39, 0.29) is 11.9 Å². The zero-order chi connectivity index (χ0) is 22.7. The molecule has 5 heteroatoms. The zero-order valence-corrected chi connectivity index (χ0v) is 20.8. The second-order valence-electron chi connectivity index (χ2n) is 9.78. The van der Waals surface area contributed by atoms with Gasteiger partial charge in [-0.25, -0.2) is 0 Å². The van der Waals surface area contributed by atoms with E-state index in [1.807, 2.05) is 0 Å². The maximum Gasteiger partial charge on any atom is 0.306 e. The monoisotopic (exact) mass is 427 g/mol. The number of hydrogen-bond acceptors (Lipinski definition) is 3. The molecule has 0 aromatic rings. The number of esters is 1. The first-order valence-electron chi connectivity index (χ1n) is 12.5. The van der Waals surface area contributed by atoms with Crippen LogP contribution in [0.15, 0.2) is 0 Å². The van der Waals surface area contributed by atoms with Crippen LogP contribution in [0.3, 0.4) is 0 Å². The lowest BCUT2D eigenvalue weighted by Crippen LogP contribution is -2.40. The number of hydrogen-bond donors (Lipinski definition) is 1. The van der Waals surface area contributed by atoms with Gasteiger partial charge in [-0.1, -0.05) is 84.0 Å². The molecule has 1 atom stereocenters. The smallest absolute Gasteiger partial charge is 0.306 e. The summed E-state index contributed by atoms with van der Waals surface area (Å²) in [5.41, 5.74) is 0. The molecule has 1 N–H and O–H groups in total. The summed E-state index contributed by atoms with van der Waals surface area (Å²) < 4.78 is 6.14. The Bertz CT molecular complexity index is 433. The highest BCUT2D eigenvalue weighted by Gasteiger charge is 2.17. The van der Waals surface area contributed by atoms with Gasteiger partial charge in [-0.05, 0) is 13.3 Å². The Hall–Kier alpha value is -1.10. The van der Waals surface area contributed by atoms with Gasteiger partial charge in [-0.2, -0.15) is 0 Å². The first-order valence-corrected chi connectivity index (χ1v) is 12.5. The van der Waals surface area contributed by atoms with Crippen molar-refractivity contribution < 1.29 is 18.8 Å². The van der Waals surface area contributed by atoms with E-state index in [0.29, 0.717) is 13.0 Å². The van der Waals surface area contributed by atoms with Crippen LogP contribution in [0.4, 0.5) is 0 Å². The van der Waals surface area contributed by atoms with Crippen molar-refractivity contribution >= 4 is 11.9 Å². The predicted octanol–water partition coefficient (Wildman–Crippen LogP) is 5.61. The molecule has 0 bridgehead atoms. The van der Waals surface area contributed by atoms with E-state index in [2.05, 4.69) is 33.4 Å². The fraction of sp³-hybridized carbons (Fsp3) is 0.920. The van der Waals surface area contributed by atoms with Crippen molar-refractivity contribution in [3.63, 3.8) is 0 Å². The molecule has 0 saturated carbocycles. The Kier molecular flexibility index (Phi) is 18.0. The molecular formula is C25H51N2O3+. The van der Waals surface area contributed by atoms with Gasteiger partial charge in [-0.15, -0.1) is 0 Å². The molecule has 1 amide bonds. The standard InChI is InChI=1S/C25H50N2O3/c1-6-7-8-9-10-11-12-13-14-15-16-17-18-20-24(28)30-23(2)25(29)26-21-19-22-27(3,4)5/h23H,6-22H2,1-5H3/p+1. The number of rotatable bonds is 20. The number of quaternary nitrogens is 1. The van der Waals surface area contributed by atoms with Gasteiger partial charge in [-0.3, -0.25) is 9.59 Å². The lowest BCUT2D eigenvalue weighted by molar-refractivity contribution is -0.870. The summed E-state index contributed by atoms with van der Waals surface area (Å²) in [6.45, 7) is 5.53. The van der Waals surface area contributed by atoms with Gasteiger partial charge in [0.05, 0.1) is 27.7 Å². The minimum atomic E-state index is -0.705. The molecule has 0 aliphatic carbocycles. The molecule has 178 valence electrons. The van der Waals surface area contributed by atoms with Gasteiger partial charge in [0.25, 0.3) is 5.91 Å². The average molecular weight is 428 g/mol. The molecule has 0 fully saturated rings. The summed E-state index contributed by atoms with van der Waals surface area (Å²) in [6, 6.07) is 0. The maximum absolute atomic E-state index is 12.0. The van der Waals surface area contributed by atoms with Crippen LogP contribution < -0.4 is 5.32 Å². The highest BCUT2D eigenvalue weighted by Crippen LogP contribution is 2.13. The molecule has 0 aliphatic rings. The molecule has 0 aromatic carbocycles. The van der Waals surface area contributed by atoms with Crippen molar-refractivity contribution in [3.05, 3.63) is 0 Å². The van der Waals surface area contributed by atoms with Gasteiger partial charge in [0, 0.05) is 19.4 Å². The van der Waals surface area contributed by atoms with E-state index in [4.69, 9.17) is 4.74 Å². The summed E-state index contributed by atoms with van der Waals surface area (Å²) in [7, 11) is 6.38. The van der Waals surface area contributed by atoms with Crippen molar-refractivity contribution in [3.8, 4) is 0 Å². The number of nitrogens with zero attached hydrogens (tertiary/aromatic N) is 1. The van der Waals surface area contributed by atoms with E-state index in [9.17, 15) is 9.59 Å². The number of ether oxygens (including phenoxy) is 1. The minimum Gasteiger partial charge on any atom is -0.453 e. The molecule has 5 nitrogen and oxygen atoms in total. The first kappa shape index (κ1) is 28.9. The largest absolute Gasteiger partial charge is 0.453 e. The van der Waals surface area contributed by atoms with Gasteiger partial charge in [0.1, 0.15) is 0 Å². The van der Waals surface area contributed by atoms with E-state index in [1.54, 1.807) is 6.92 Å². The predicted molar refractivity (Wildman–Crippen MR) is 126 cm³/mol. The van der Waals surface area contributed by atoms with Crippen LogP contribution in [-0.4, -0.2) is 56.7 Å². The second kappa shape index (κ2) is 18.7. The number of carbonyl (C=O) groups is 2. The summed E-state index contributed by atoms with van der Waals surface area (Å²) in [4.78, 5) is 23.9. The number of nitrogens with one attached hydrogen (secondary N) is 1. The Balaban J connectivity index is 3.50. The van der Waals surface area contributed by atoms with E-state index >= 15 is 0 Å². The summed E-state index contributed by atoms with van der Waals surface area (Å²) in [5.74, 6) is -0.456. The SMILES string of the molecule is CCCCCCCCCCCCCCCC(=O)OC(C)C(=O)NCCC[N+](C)(C)C. The summed E-state index contributed by atoms with van der Waals surface area (Å²) in [6.07, 6.45) is 17.3. The lowest BCUT2D eigenvalue weighted by Gasteiger charge is -2.23. The van der Waals surface area contributed by atoms with Crippen LogP contribution in [0, 0.1) is 0 Å². The minimum absolute atomic E-state index is 0.199. The summed E-state index contributed by atoms with van der Waals surface area (Å²) >= 11 is 0. The lowest BCUT2D eigenvalue weighted by atomic mass is 10.0. The third-order valence-corrected chi connectivity index (χ3v) is 5.47. The Morgan fingerprint density at radius 1 is 0.767 bits per heavy atom. The quantitative estimate of drug-likeness (QED) is 0.156. The van der Waals surface area contributed by atoms with E-state index < -0.39 is 6.10 Å². The molecule has 1 unspecified atom stereocenters. The molecule has 30 heavy (non-hydrogen) atoms. The van der Waals surface area contributed by atoms with Crippen LogP contribution in [0.25, 0.3) is 0 Å². The number of carbonyl (C=O) groups excluding carboxylic acids is 2. The Morgan fingerprint density at radius 3 is 1.70 bits per heavy atom. The third kappa shape index (κ3) is 20.2. The van der Waals surface area contributed by atoms with Crippen molar-refractivity contribution in [1.82, 2.24) is 5.32 Å². The topological polar surface area (TPSA) is 55.4 Å². The molecule has 0 aromatic heterocycles. The Morgan fingerprint density at radius 2 is 1.23 bits per heavy atom. The van der Waals surface area contributed by atoms with Crippen molar-refractivity contribution in [2.75, 3.05) is 34.2 Å². The summed E-state index contributed by atoms with van der Waals surface area (Å²) in [5, 5.41) is 2.85. The van der Waals surface area contributed by atoms with Crippen molar-refractivity contribution in [2.45, 2.75) is 116 Å². The van der Waals surface area contributed by atoms with Gasteiger partial charge in [0.15, 0.2) is 6.10 Å². The molecular weight excluding hydrogens is 376 g/mol. The molecule has 0 radical (unpaired) electrons. The van der Waals surface area contributed by atoms with Gasteiger partial charge < -0.3 is 14.5 Å². The fourth-order valence-electron chi connectivity index (χ4n) is 3.51. The van der Waals surface area contributed by atoms with Crippen LogP contribution >= 0.6 is 0 Å². The second-order valence-corrected chi connectivity index (χ2v) is 9.78. The average Bonchev–Trinajstić information content (AvgIpc) is 2.67. The molecule has 0 saturated heterocycles. The zero-order valence-electron chi connectivity index (χ0n) is 20.8. The molecule has 0 spiro atoms. The fourth-order valence-corrected chi connectivity index (χ4v) is 3.51. The van der Waals surface area contributed by atoms with E-state index in [0.717, 1.165) is 30.3 Å². The van der Waals surface area contributed by atoms with Gasteiger partial charge >= 0.3 is 5.97 Å². The van der Waals surface area contributed by atoms with Gasteiger partial charge in [0.2, 0.25) is 0 Å². The van der Waals surface area contributed by atoms with Crippen LogP contribution in [0.5, 0.6) is 0 Å². The van der Waals surface area contributed by atoms with Crippen molar-refractivity contribution in [1.29, 1.82) is 0 Å². The number of unbranched alkanes of at least 4 members (excludes halogenated alkanes) is 12. The normalized spacial score (nSPS) is 12.6. The van der Waals surface area contributed by atoms with Crippen molar-refractivity contribution in [2.24, 2.45) is 0 Å². The molecule has 0 heterocycles. The molecule has 0 aliphatic heterocycles.